The van der Waals surface area contributed by atoms with E-state index in [0.29, 0.717) is 0 Å². The zero-order chi connectivity index (χ0) is 15.2. The van der Waals surface area contributed by atoms with Crippen molar-refractivity contribution in [2.45, 2.75) is 46.0 Å². The highest BCUT2D eigenvalue weighted by atomic mass is 14.6. The van der Waals surface area contributed by atoms with Crippen molar-refractivity contribution in [3.05, 3.63) is 58.7 Å². The first kappa shape index (κ1) is 15.4. The van der Waals surface area contributed by atoms with Crippen LogP contribution in [0, 0.1) is 0 Å². The van der Waals surface area contributed by atoms with Gasteiger partial charge in [0.05, 0.1) is 0 Å². The summed E-state index contributed by atoms with van der Waals surface area (Å²) in [5.41, 5.74) is 19.1. The molecule has 0 heterocycles. The Morgan fingerprint density at radius 1 is 0.714 bits per heavy atom. The Morgan fingerprint density at radius 3 is 1.48 bits per heavy atom. The molecule has 0 aromatic heterocycles. The molecule has 0 unspecified atom stereocenters. The van der Waals surface area contributed by atoms with Gasteiger partial charge in [-0.1, -0.05) is 51.0 Å². The van der Waals surface area contributed by atoms with E-state index in [1.54, 1.807) is 0 Å². The molecular weight excluding hydrogens is 256 g/mol. The lowest BCUT2D eigenvalue weighted by atomic mass is 9.98. The van der Waals surface area contributed by atoms with Crippen molar-refractivity contribution in [2.24, 2.45) is 0 Å². The van der Waals surface area contributed by atoms with Crippen LogP contribution in [0.15, 0.2) is 36.4 Å². The van der Waals surface area contributed by atoms with Crippen molar-refractivity contribution in [1.29, 1.82) is 0 Å². The van der Waals surface area contributed by atoms with Gasteiger partial charge in [0.25, 0.3) is 0 Å². The van der Waals surface area contributed by atoms with Gasteiger partial charge in [-0.3, -0.25) is 0 Å². The molecule has 0 bridgehead atoms. The number of nitrogen functional groups attached to an aromatic ring is 2. The minimum Gasteiger partial charge on any atom is -0.398 e. The van der Waals surface area contributed by atoms with Crippen molar-refractivity contribution >= 4 is 11.4 Å². The quantitative estimate of drug-likeness (QED) is 0.774. The summed E-state index contributed by atoms with van der Waals surface area (Å²) >= 11 is 0. The van der Waals surface area contributed by atoms with Gasteiger partial charge in [0.15, 0.2) is 0 Å². The molecule has 0 aliphatic carbocycles. The third kappa shape index (κ3) is 4.01. The number of hydrogen-bond donors (Lipinski definition) is 2. The van der Waals surface area contributed by atoms with E-state index in [4.69, 9.17) is 11.5 Å². The summed E-state index contributed by atoms with van der Waals surface area (Å²) in [6.45, 7) is 4.35. The Kier molecular flexibility index (Phi) is 5.26. The van der Waals surface area contributed by atoms with Gasteiger partial charge in [-0.05, 0) is 53.6 Å². The number of anilines is 2. The van der Waals surface area contributed by atoms with Crippen LogP contribution in [0.3, 0.4) is 0 Å². The van der Waals surface area contributed by atoms with Crippen LogP contribution in [0.4, 0.5) is 11.4 Å². The molecule has 2 nitrogen and oxygen atoms in total. The maximum Gasteiger partial charge on any atom is 0.0349 e. The lowest BCUT2D eigenvalue weighted by Crippen LogP contribution is -1.99. The highest BCUT2D eigenvalue weighted by Gasteiger charge is 2.04. The molecule has 21 heavy (non-hydrogen) atoms. The first-order valence-corrected chi connectivity index (χ1v) is 7.88. The molecule has 0 atom stereocenters. The second-order valence-electron chi connectivity index (χ2n) is 5.74. The molecule has 0 aliphatic heterocycles. The Labute approximate surface area is 128 Å². The summed E-state index contributed by atoms with van der Waals surface area (Å²) in [4.78, 5) is 0. The molecule has 0 radical (unpaired) electrons. The normalized spacial score (nSPS) is 10.8. The molecule has 0 aliphatic rings. The van der Waals surface area contributed by atoms with Gasteiger partial charge in [-0.2, -0.15) is 0 Å². The molecule has 112 valence electrons. The van der Waals surface area contributed by atoms with Gasteiger partial charge >= 0.3 is 0 Å². The highest BCUT2D eigenvalue weighted by molar-refractivity contribution is 5.52. The smallest absolute Gasteiger partial charge is 0.0349 e. The topological polar surface area (TPSA) is 52.0 Å². The van der Waals surface area contributed by atoms with Crippen molar-refractivity contribution in [2.75, 3.05) is 11.5 Å². The average molecular weight is 282 g/mol. The minimum absolute atomic E-state index is 0.882. The van der Waals surface area contributed by atoms with Crippen molar-refractivity contribution in [3.63, 3.8) is 0 Å². The number of hydrogen-bond acceptors (Lipinski definition) is 2. The summed E-state index contributed by atoms with van der Waals surface area (Å²) in [6.07, 6.45) is 5.22. The van der Waals surface area contributed by atoms with Gasteiger partial charge in [0.2, 0.25) is 0 Å². The van der Waals surface area contributed by atoms with Gasteiger partial charge in [-0.15, -0.1) is 0 Å². The molecule has 2 aromatic rings. The first-order chi connectivity index (χ1) is 10.1. The van der Waals surface area contributed by atoms with Crippen LogP contribution in [-0.4, -0.2) is 0 Å². The average Bonchev–Trinajstić information content (AvgIpc) is 2.45. The molecule has 2 aromatic carbocycles. The van der Waals surface area contributed by atoms with Crippen LogP contribution in [-0.2, 0) is 19.3 Å². The summed E-state index contributed by atoms with van der Waals surface area (Å²) < 4.78 is 0. The maximum absolute atomic E-state index is 6.13. The summed E-state index contributed by atoms with van der Waals surface area (Å²) in [6, 6.07) is 12.9. The molecule has 2 heteroatoms. The molecule has 0 amide bonds. The van der Waals surface area contributed by atoms with E-state index >= 15 is 0 Å². The minimum atomic E-state index is 0.882. The fraction of sp³-hybridized carbons (Fsp3) is 0.368. The van der Waals surface area contributed by atoms with Gasteiger partial charge < -0.3 is 11.5 Å². The van der Waals surface area contributed by atoms with Crippen LogP contribution in [0.25, 0.3) is 0 Å². The SMILES string of the molecule is CCCc1ccc(Cc2ccc(CCC)c(N)c2)cc1N. The Morgan fingerprint density at radius 2 is 1.14 bits per heavy atom. The number of nitrogens with two attached hydrogens (primary N) is 2. The summed E-state index contributed by atoms with van der Waals surface area (Å²) in [5, 5.41) is 0. The van der Waals surface area contributed by atoms with E-state index in [0.717, 1.165) is 43.5 Å². The number of rotatable bonds is 6. The monoisotopic (exact) mass is 282 g/mol. The third-order valence-electron chi connectivity index (χ3n) is 3.87. The Balaban J connectivity index is 2.14. The lowest BCUT2D eigenvalue weighted by Gasteiger charge is -2.10. The summed E-state index contributed by atoms with van der Waals surface area (Å²) in [5.74, 6) is 0. The molecule has 0 saturated carbocycles. The van der Waals surface area contributed by atoms with E-state index in [1.165, 1.54) is 22.3 Å². The van der Waals surface area contributed by atoms with Crippen LogP contribution in [0.1, 0.15) is 48.9 Å². The van der Waals surface area contributed by atoms with Gasteiger partial charge in [-0.25, -0.2) is 0 Å². The molecular formula is C19H26N2. The van der Waals surface area contributed by atoms with Crippen molar-refractivity contribution < 1.29 is 0 Å². The highest BCUT2D eigenvalue weighted by Crippen LogP contribution is 2.21. The molecule has 0 spiro atoms. The predicted molar refractivity (Wildman–Crippen MR) is 92.5 cm³/mol. The fourth-order valence-corrected chi connectivity index (χ4v) is 2.74. The number of benzene rings is 2. The lowest BCUT2D eigenvalue weighted by molar-refractivity contribution is 0.921. The predicted octanol–water partition coefficient (Wildman–Crippen LogP) is 4.35. The van der Waals surface area contributed by atoms with Crippen molar-refractivity contribution in [3.8, 4) is 0 Å². The fourth-order valence-electron chi connectivity index (χ4n) is 2.74. The van der Waals surface area contributed by atoms with E-state index in [9.17, 15) is 0 Å². The van der Waals surface area contributed by atoms with Crippen LogP contribution in [0.5, 0.6) is 0 Å². The van der Waals surface area contributed by atoms with Crippen LogP contribution < -0.4 is 11.5 Å². The molecule has 2 rings (SSSR count). The molecule has 4 N–H and O–H groups in total. The van der Waals surface area contributed by atoms with E-state index in [1.807, 2.05) is 0 Å². The second-order valence-corrected chi connectivity index (χ2v) is 5.74. The van der Waals surface area contributed by atoms with Crippen LogP contribution in [0.2, 0.25) is 0 Å². The second kappa shape index (κ2) is 7.16. The Hall–Kier alpha value is -1.96. The van der Waals surface area contributed by atoms with E-state index in [2.05, 4.69) is 50.2 Å². The first-order valence-electron chi connectivity index (χ1n) is 7.88. The van der Waals surface area contributed by atoms with Gasteiger partial charge in [0, 0.05) is 11.4 Å². The van der Waals surface area contributed by atoms with E-state index < -0.39 is 0 Å². The maximum atomic E-state index is 6.13. The Bertz CT molecular complexity index is 549. The largest absolute Gasteiger partial charge is 0.398 e. The number of aryl methyl sites for hydroxylation is 2. The zero-order valence-corrected chi connectivity index (χ0v) is 13.2. The zero-order valence-electron chi connectivity index (χ0n) is 13.2. The van der Waals surface area contributed by atoms with Crippen LogP contribution >= 0.6 is 0 Å². The van der Waals surface area contributed by atoms with E-state index in [-0.39, 0.29) is 0 Å². The third-order valence-corrected chi connectivity index (χ3v) is 3.87. The van der Waals surface area contributed by atoms with Gasteiger partial charge in [0.1, 0.15) is 0 Å². The summed E-state index contributed by atoms with van der Waals surface area (Å²) in [7, 11) is 0. The molecule has 0 saturated heterocycles. The molecule has 0 fully saturated rings. The standard InChI is InChI=1S/C19H26N2/c1-3-5-16-9-7-14(12-18(16)20)11-15-8-10-17(6-4-2)19(21)13-15/h7-10,12-13H,3-6,11,20-21H2,1-2H3. The van der Waals surface area contributed by atoms with Crippen molar-refractivity contribution in [1.82, 2.24) is 0 Å².